The third-order valence-electron chi connectivity index (χ3n) is 3.74. The van der Waals surface area contributed by atoms with Crippen LogP contribution in [0, 0.1) is 0 Å². The number of aliphatic imine (C=N–C) groups is 1. The van der Waals surface area contributed by atoms with Crippen molar-refractivity contribution in [2.24, 2.45) is 4.99 Å². The lowest BCUT2D eigenvalue weighted by Gasteiger charge is -2.07. The Kier molecular flexibility index (Phi) is 5.93. The number of halogens is 1. The maximum Gasteiger partial charge on any atom is 0.264 e. The van der Waals surface area contributed by atoms with Gasteiger partial charge in [0, 0.05) is 16.7 Å². The zero-order chi connectivity index (χ0) is 19.4. The van der Waals surface area contributed by atoms with Gasteiger partial charge in [0.05, 0.1) is 26.2 Å². The van der Waals surface area contributed by atoms with E-state index in [0.29, 0.717) is 38.0 Å². The smallest absolute Gasteiger partial charge is 0.264 e. The number of carbonyl (C=O) groups excluding carboxylic acids is 1. The molecule has 1 aliphatic heterocycles. The summed E-state index contributed by atoms with van der Waals surface area (Å²) < 4.78 is 15.8. The molecule has 0 radical (unpaired) electrons. The lowest BCUT2D eigenvalue weighted by Crippen LogP contribution is -2.19. The van der Waals surface area contributed by atoms with Gasteiger partial charge in [0.25, 0.3) is 5.91 Å². The number of carbonyl (C=O) groups is 1. The number of methoxy groups -OCH3 is 3. The summed E-state index contributed by atoms with van der Waals surface area (Å²) in [5.74, 6) is 1.61. The molecule has 3 rings (SSSR count). The first kappa shape index (κ1) is 19.1. The monoisotopic (exact) mass is 404 g/mol. The van der Waals surface area contributed by atoms with E-state index >= 15 is 0 Å². The van der Waals surface area contributed by atoms with Gasteiger partial charge in [0.2, 0.25) is 0 Å². The molecule has 8 heteroatoms. The van der Waals surface area contributed by atoms with E-state index in [2.05, 4.69) is 10.3 Å². The van der Waals surface area contributed by atoms with Gasteiger partial charge in [-0.3, -0.25) is 4.79 Å². The highest BCUT2D eigenvalue weighted by molar-refractivity contribution is 8.18. The molecule has 2 aromatic carbocycles. The fraction of sp³-hybridized carbons (Fsp3) is 0.158. The maximum absolute atomic E-state index is 12.3. The van der Waals surface area contributed by atoms with Crippen LogP contribution in [0.4, 0.5) is 5.69 Å². The fourth-order valence-electron chi connectivity index (χ4n) is 2.42. The number of benzene rings is 2. The Bertz CT molecular complexity index is 943. The van der Waals surface area contributed by atoms with Gasteiger partial charge in [-0.05, 0) is 48.2 Å². The van der Waals surface area contributed by atoms with Crippen LogP contribution in [0.5, 0.6) is 17.2 Å². The van der Waals surface area contributed by atoms with Crippen LogP contribution in [-0.4, -0.2) is 32.4 Å². The average Bonchev–Trinajstić information content (AvgIpc) is 3.01. The van der Waals surface area contributed by atoms with Crippen LogP contribution in [0.3, 0.4) is 0 Å². The average molecular weight is 405 g/mol. The Hall–Kier alpha value is -2.64. The molecule has 1 amide bonds. The van der Waals surface area contributed by atoms with Crippen LogP contribution in [0.1, 0.15) is 5.56 Å². The van der Waals surface area contributed by atoms with Crippen molar-refractivity contribution in [3.8, 4) is 17.2 Å². The van der Waals surface area contributed by atoms with Crippen LogP contribution in [0.25, 0.3) is 6.08 Å². The molecule has 0 unspecified atom stereocenters. The van der Waals surface area contributed by atoms with E-state index in [1.165, 1.54) is 11.8 Å². The molecule has 1 N–H and O–H groups in total. The highest BCUT2D eigenvalue weighted by Crippen LogP contribution is 2.35. The number of amidine groups is 1. The molecule has 6 nitrogen and oxygen atoms in total. The van der Waals surface area contributed by atoms with Gasteiger partial charge in [-0.1, -0.05) is 11.6 Å². The van der Waals surface area contributed by atoms with Gasteiger partial charge >= 0.3 is 0 Å². The second kappa shape index (κ2) is 8.37. The highest BCUT2D eigenvalue weighted by Gasteiger charge is 2.24. The van der Waals surface area contributed by atoms with Gasteiger partial charge in [-0.15, -0.1) is 0 Å². The minimum Gasteiger partial charge on any atom is -0.497 e. The van der Waals surface area contributed by atoms with Crippen molar-refractivity contribution in [2.45, 2.75) is 0 Å². The summed E-state index contributed by atoms with van der Waals surface area (Å²) in [6.07, 6.45) is 1.75. The lowest BCUT2D eigenvalue weighted by atomic mass is 10.1. The SMILES string of the molecule is COc1ccc(/C=C2\SC(=Nc3cc(Cl)ccc3OC)NC2=O)c(OC)c1. The molecule has 140 valence electrons. The van der Waals surface area contributed by atoms with Gasteiger partial charge in [-0.25, -0.2) is 4.99 Å². The van der Waals surface area contributed by atoms with E-state index in [9.17, 15) is 4.79 Å². The van der Waals surface area contributed by atoms with E-state index in [-0.39, 0.29) is 5.91 Å². The molecule has 27 heavy (non-hydrogen) atoms. The zero-order valence-electron chi connectivity index (χ0n) is 14.9. The summed E-state index contributed by atoms with van der Waals surface area (Å²) in [5, 5.41) is 3.72. The minimum absolute atomic E-state index is 0.238. The van der Waals surface area contributed by atoms with Crippen molar-refractivity contribution >= 4 is 46.2 Å². The lowest BCUT2D eigenvalue weighted by molar-refractivity contribution is -0.115. The van der Waals surface area contributed by atoms with E-state index in [1.807, 2.05) is 6.07 Å². The van der Waals surface area contributed by atoms with Crippen molar-refractivity contribution in [3.05, 3.63) is 51.9 Å². The van der Waals surface area contributed by atoms with Crippen molar-refractivity contribution in [3.63, 3.8) is 0 Å². The quantitative estimate of drug-likeness (QED) is 0.754. The Balaban J connectivity index is 1.90. The number of ether oxygens (including phenoxy) is 3. The predicted octanol–water partition coefficient (Wildman–Crippen LogP) is 4.26. The molecular weight excluding hydrogens is 388 g/mol. The molecule has 0 spiro atoms. The summed E-state index contributed by atoms with van der Waals surface area (Å²) in [6.45, 7) is 0. The molecule has 1 fully saturated rings. The number of nitrogens with zero attached hydrogens (tertiary/aromatic N) is 1. The molecule has 0 aromatic heterocycles. The summed E-state index contributed by atoms with van der Waals surface area (Å²) in [5.41, 5.74) is 1.30. The van der Waals surface area contributed by atoms with E-state index in [4.69, 9.17) is 25.8 Å². The number of hydrogen-bond acceptors (Lipinski definition) is 6. The number of amides is 1. The van der Waals surface area contributed by atoms with E-state index < -0.39 is 0 Å². The first-order valence-electron chi connectivity index (χ1n) is 7.89. The van der Waals surface area contributed by atoms with Crippen molar-refractivity contribution < 1.29 is 19.0 Å². The minimum atomic E-state index is -0.238. The summed E-state index contributed by atoms with van der Waals surface area (Å²) >= 11 is 7.26. The van der Waals surface area contributed by atoms with Crippen molar-refractivity contribution in [1.82, 2.24) is 5.32 Å². The van der Waals surface area contributed by atoms with Gasteiger partial charge in [0.1, 0.15) is 22.9 Å². The topological polar surface area (TPSA) is 69.2 Å². The van der Waals surface area contributed by atoms with Crippen LogP contribution in [0.15, 0.2) is 46.3 Å². The Morgan fingerprint density at radius 3 is 2.52 bits per heavy atom. The van der Waals surface area contributed by atoms with Gasteiger partial charge < -0.3 is 19.5 Å². The van der Waals surface area contributed by atoms with Crippen molar-refractivity contribution in [1.29, 1.82) is 0 Å². The third-order valence-corrected chi connectivity index (χ3v) is 4.89. The van der Waals surface area contributed by atoms with Crippen LogP contribution >= 0.6 is 23.4 Å². The number of thioether (sulfide) groups is 1. The molecule has 2 aromatic rings. The molecule has 1 heterocycles. The number of rotatable bonds is 5. The third kappa shape index (κ3) is 4.37. The second-order valence-corrected chi connectivity index (χ2v) is 6.87. The largest absolute Gasteiger partial charge is 0.497 e. The van der Waals surface area contributed by atoms with Crippen LogP contribution in [0.2, 0.25) is 5.02 Å². The molecule has 0 aliphatic carbocycles. The molecule has 0 saturated carbocycles. The predicted molar refractivity (Wildman–Crippen MR) is 108 cm³/mol. The van der Waals surface area contributed by atoms with Gasteiger partial charge in [-0.2, -0.15) is 0 Å². The first-order valence-corrected chi connectivity index (χ1v) is 9.08. The van der Waals surface area contributed by atoms with Gasteiger partial charge in [0.15, 0.2) is 5.17 Å². The number of hydrogen-bond donors (Lipinski definition) is 1. The highest BCUT2D eigenvalue weighted by atomic mass is 35.5. The molecule has 0 bridgehead atoms. The summed E-state index contributed by atoms with van der Waals surface area (Å²) in [6, 6.07) is 10.5. The Morgan fingerprint density at radius 2 is 1.81 bits per heavy atom. The summed E-state index contributed by atoms with van der Waals surface area (Å²) in [4.78, 5) is 17.3. The molecular formula is C19H17ClN2O4S. The normalized spacial score (nSPS) is 16.5. The molecule has 1 aliphatic rings. The zero-order valence-corrected chi connectivity index (χ0v) is 16.5. The molecule has 1 saturated heterocycles. The van der Waals surface area contributed by atoms with Crippen molar-refractivity contribution in [2.75, 3.05) is 21.3 Å². The fourth-order valence-corrected chi connectivity index (χ4v) is 3.41. The van der Waals surface area contributed by atoms with E-state index in [0.717, 1.165) is 5.56 Å². The first-order chi connectivity index (χ1) is 13.0. The molecule has 0 atom stereocenters. The Labute approximate surface area is 166 Å². The van der Waals surface area contributed by atoms with E-state index in [1.54, 1.807) is 57.7 Å². The summed E-state index contributed by atoms with van der Waals surface area (Å²) in [7, 11) is 4.70. The van der Waals surface area contributed by atoms with Crippen LogP contribution < -0.4 is 19.5 Å². The number of nitrogens with one attached hydrogen (secondary N) is 1. The maximum atomic E-state index is 12.3. The Morgan fingerprint density at radius 1 is 1.04 bits per heavy atom. The van der Waals surface area contributed by atoms with Crippen LogP contribution in [-0.2, 0) is 4.79 Å². The second-order valence-electron chi connectivity index (χ2n) is 5.41. The standard InChI is InChI=1S/C19H17ClN2O4S/c1-24-13-6-4-11(16(10-13)26-3)8-17-18(23)22-19(27-17)21-14-9-12(20)5-7-15(14)25-2/h4-10H,1-3H3,(H,21,22,23)/b17-8-.